The van der Waals surface area contributed by atoms with Gasteiger partial charge in [0.2, 0.25) is 0 Å². The van der Waals surface area contributed by atoms with Crippen molar-refractivity contribution in [3.63, 3.8) is 0 Å². The lowest BCUT2D eigenvalue weighted by atomic mass is 10.1. The summed E-state index contributed by atoms with van der Waals surface area (Å²) in [5.41, 5.74) is 0. The quantitative estimate of drug-likeness (QED) is 0.832. The van der Waals surface area contributed by atoms with Crippen molar-refractivity contribution in [2.75, 3.05) is 19.0 Å². The molecular weight excluding hydrogens is 276 g/mol. The van der Waals surface area contributed by atoms with Gasteiger partial charge in [-0.05, 0) is 25.2 Å². The number of anilines is 1. The van der Waals surface area contributed by atoms with Crippen LogP contribution in [0.1, 0.15) is 28.9 Å². The van der Waals surface area contributed by atoms with Crippen LogP contribution in [0.15, 0.2) is 0 Å². The van der Waals surface area contributed by atoms with Crippen LogP contribution in [0.5, 0.6) is 0 Å². The zero-order valence-electron chi connectivity index (χ0n) is 9.98. The Morgan fingerprint density at radius 2 is 2.44 bits per heavy atom. The molecule has 0 aliphatic heterocycles. The molecule has 0 radical (unpaired) electrons. The fourth-order valence-electron chi connectivity index (χ4n) is 2.06. The number of carbonyl (C=O) groups is 1. The largest absolute Gasteiger partial charge is 0.465 e. The van der Waals surface area contributed by atoms with Gasteiger partial charge in [-0.15, -0.1) is 0 Å². The summed E-state index contributed by atoms with van der Waals surface area (Å²) in [7, 11) is 1.31. The molecule has 2 unspecified atom stereocenters. The number of aromatic nitrogens is 1. The highest BCUT2D eigenvalue weighted by Gasteiger charge is 2.23. The number of thiazole rings is 1. The molecule has 1 aliphatic rings. The highest BCUT2D eigenvalue weighted by Crippen LogP contribution is 2.29. The summed E-state index contributed by atoms with van der Waals surface area (Å²) < 4.78 is 4.61. The third kappa shape index (κ3) is 3.13. The van der Waals surface area contributed by atoms with Gasteiger partial charge in [-0.3, -0.25) is 0 Å². The molecule has 1 aliphatic carbocycles. The molecule has 2 N–H and O–H groups in total. The van der Waals surface area contributed by atoms with Crippen LogP contribution in [0.2, 0.25) is 5.15 Å². The minimum Gasteiger partial charge on any atom is -0.465 e. The van der Waals surface area contributed by atoms with Gasteiger partial charge in [0.25, 0.3) is 0 Å². The van der Waals surface area contributed by atoms with E-state index < -0.39 is 5.97 Å². The fraction of sp³-hybridized carbons (Fsp3) is 0.636. The monoisotopic (exact) mass is 290 g/mol. The molecule has 1 fully saturated rings. The van der Waals surface area contributed by atoms with Crippen LogP contribution in [0.4, 0.5) is 5.13 Å². The van der Waals surface area contributed by atoms with E-state index >= 15 is 0 Å². The van der Waals surface area contributed by atoms with Gasteiger partial charge in [-0.1, -0.05) is 22.9 Å². The molecule has 0 spiro atoms. The van der Waals surface area contributed by atoms with Gasteiger partial charge in [-0.25, -0.2) is 9.78 Å². The van der Waals surface area contributed by atoms with Crippen molar-refractivity contribution in [1.29, 1.82) is 0 Å². The van der Waals surface area contributed by atoms with Gasteiger partial charge in [0, 0.05) is 6.54 Å². The predicted molar refractivity (Wildman–Crippen MR) is 70.3 cm³/mol. The maximum absolute atomic E-state index is 11.4. The van der Waals surface area contributed by atoms with Crippen LogP contribution in [0.25, 0.3) is 0 Å². The summed E-state index contributed by atoms with van der Waals surface area (Å²) >= 11 is 7.04. The number of ether oxygens (including phenoxy) is 1. The number of aliphatic hydroxyl groups excluding tert-OH is 1. The van der Waals surface area contributed by atoms with Crippen molar-refractivity contribution in [2.45, 2.75) is 25.4 Å². The lowest BCUT2D eigenvalue weighted by Gasteiger charge is -2.09. The zero-order valence-corrected chi connectivity index (χ0v) is 11.6. The Balaban J connectivity index is 1.92. The van der Waals surface area contributed by atoms with Crippen molar-refractivity contribution in [3.05, 3.63) is 10.0 Å². The van der Waals surface area contributed by atoms with Crippen molar-refractivity contribution >= 4 is 34.0 Å². The van der Waals surface area contributed by atoms with Crippen molar-refractivity contribution in [3.8, 4) is 0 Å². The molecular formula is C11H15ClN2O3S. The molecule has 0 saturated heterocycles. The molecule has 0 aromatic carbocycles. The first-order valence-electron chi connectivity index (χ1n) is 5.76. The van der Waals surface area contributed by atoms with E-state index in [9.17, 15) is 9.90 Å². The zero-order chi connectivity index (χ0) is 13.1. The van der Waals surface area contributed by atoms with Gasteiger partial charge >= 0.3 is 5.97 Å². The Kier molecular flexibility index (Phi) is 4.42. The second kappa shape index (κ2) is 5.86. The number of nitrogens with one attached hydrogen (secondary N) is 1. The topological polar surface area (TPSA) is 71.5 Å². The first-order chi connectivity index (χ1) is 8.60. The number of hydrogen-bond donors (Lipinski definition) is 2. The van der Waals surface area contributed by atoms with E-state index in [4.69, 9.17) is 11.6 Å². The summed E-state index contributed by atoms with van der Waals surface area (Å²) in [6.07, 6.45) is 2.51. The third-order valence-corrected chi connectivity index (χ3v) is 4.39. The van der Waals surface area contributed by atoms with Crippen LogP contribution >= 0.6 is 22.9 Å². The van der Waals surface area contributed by atoms with E-state index in [1.54, 1.807) is 0 Å². The molecule has 1 heterocycles. The standard InChI is InChI=1S/C11H15ClN2O3S/c1-17-10(16)8-9(12)14-11(18-8)13-5-6-2-3-7(15)4-6/h6-7,15H,2-5H2,1H3,(H,13,14). The van der Waals surface area contributed by atoms with Crippen LogP contribution in [0, 0.1) is 5.92 Å². The van der Waals surface area contributed by atoms with Gasteiger partial charge in [0.1, 0.15) is 0 Å². The van der Waals surface area contributed by atoms with E-state index in [1.807, 2.05) is 0 Å². The normalized spacial score (nSPS) is 23.1. The SMILES string of the molecule is COC(=O)c1sc(NCC2CCC(O)C2)nc1Cl. The maximum Gasteiger partial charge on any atom is 0.351 e. The third-order valence-electron chi connectivity index (χ3n) is 3.01. The summed E-state index contributed by atoms with van der Waals surface area (Å²) in [6, 6.07) is 0. The smallest absolute Gasteiger partial charge is 0.351 e. The Labute approximate surface area is 114 Å². The number of methoxy groups -OCH3 is 1. The summed E-state index contributed by atoms with van der Waals surface area (Å²) in [4.78, 5) is 15.7. The molecule has 0 bridgehead atoms. The minimum absolute atomic E-state index is 0.167. The van der Waals surface area contributed by atoms with Crippen LogP contribution in [-0.4, -0.2) is 35.8 Å². The fourth-order valence-corrected chi connectivity index (χ4v) is 3.17. The molecule has 1 aromatic rings. The molecule has 100 valence electrons. The lowest BCUT2D eigenvalue weighted by molar-refractivity contribution is 0.0606. The molecule has 0 amide bonds. The van der Waals surface area contributed by atoms with Crippen LogP contribution < -0.4 is 5.32 Å². The van der Waals surface area contributed by atoms with Crippen LogP contribution in [-0.2, 0) is 4.74 Å². The van der Waals surface area contributed by atoms with Crippen molar-refractivity contribution in [2.24, 2.45) is 5.92 Å². The van der Waals surface area contributed by atoms with Gasteiger partial charge < -0.3 is 15.2 Å². The number of halogens is 1. The first-order valence-corrected chi connectivity index (χ1v) is 6.96. The minimum atomic E-state index is -0.471. The van der Waals surface area contributed by atoms with E-state index in [-0.39, 0.29) is 11.3 Å². The van der Waals surface area contributed by atoms with Gasteiger partial charge in [0.15, 0.2) is 15.2 Å². The predicted octanol–water partition coefficient (Wildman–Crippen LogP) is 2.16. The molecule has 2 rings (SSSR count). The Hall–Kier alpha value is -0.850. The molecule has 5 nitrogen and oxygen atoms in total. The van der Waals surface area contributed by atoms with Gasteiger partial charge in [-0.2, -0.15) is 0 Å². The highest BCUT2D eigenvalue weighted by atomic mass is 35.5. The number of esters is 1. The average Bonchev–Trinajstić information content (AvgIpc) is 2.92. The first kappa shape index (κ1) is 13.6. The second-order valence-corrected chi connectivity index (χ2v) is 5.70. The van der Waals surface area contributed by atoms with E-state index in [1.165, 1.54) is 18.4 Å². The van der Waals surface area contributed by atoms with Gasteiger partial charge in [0.05, 0.1) is 13.2 Å². The molecule has 1 aromatic heterocycles. The Bertz CT molecular complexity index is 438. The number of aliphatic hydroxyl groups is 1. The summed E-state index contributed by atoms with van der Waals surface area (Å²) in [5, 5.41) is 13.4. The number of nitrogens with zero attached hydrogens (tertiary/aromatic N) is 1. The molecule has 1 saturated carbocycles. The Morgan fingerprint density at radius 1 is 1.67 bits per heavy atom. The molecule has 7 heteroatoms. The summed E-state index contributed by atoms with van der Waals surface area (Å²) in [5.74, 6) is -0.0221. The van der Waals surface area contributed by atoms with Crippen molar-refractivity contribution in [1.82, 2.24) is 4.98 Å². The average molecular weight is 291 g/mol. The number of hydrogen-bond acceptors (Lipinski definition) is 6. The lowest BCUT2D eigenvalue weighted by Crippen LogP contribution is -2.12. The number of rotatable bonds is 4. The van der Waals surface area contributed by atoms with E-state index in [2.05, 4.69) is 15.0 Å². The Morgan fingerprint density at radius 3 is 3.06 bits per heavy atom. The summed E-state index contributed by atoms with van der Waals surface area (Å²) in [6.45, 7) is 0.738. The van der Waals surface area contributed by atoms with E-state index in [0.29, 0.717) is 15.9 Å². The second-order valence-electron chi connectivity index (χ2n) is 4.34. The molecule has 2 atom stereocenters. The molecule has 18 heavy (non-hydrogen) atoms. The van der Waals surface area contributed by atoms with E-state index in [0.717, 1.165) is 25.8 Å². The maximum atomic E-state index is 11.4. The highest BCUT2D eigenvalue weighted by molar-refractivity contribution is 7.18. The van der Waals surface area contributed by atoms with Crippen molar-refractivity contribution < 1.29 is 14.6 Å². The number of carbonyl (C=O) groups excluding carboxylic acids is 1. The van der Waals surface area contributed by atoms with Crippen LogP contribution in [0.3, 0.4) is 0 Å².